The highest BCUT2D eigenvalue weighted by atomic mass is 19.4. The van der Waals surface area contributed by atoms with E-state index in [-0.39, 0.29) is 6.92 Å². The first kappa shape index (κ1) is 15.4. The monoisotopic (exact) mass is 261 g/mol. The topological polar surface area (TPSA) is 0 Å². The van der Waals surface area contributed by atoms with E-state index in [9.17, 15) is 39.5 Å². The van der Waals surface area contributed by atoms with Crippen molar-refractivity contribution in [3.05, 3.63) is 6.17 Å². The Labute approximate surface area is 84.4 Å². The molecule has 0 amide bonds. The molecule has 0 aromatic heterocycles. The van der Waals surface area contributed by atoms with E-state index in [1.807, 2.05) is 0 Å². The maximum Gasteiger partial charge on any atom is 0.429 e. The molecule has 97 valence electrons. The van der Waals surface area contributed by atoms with E-state index in [0.29, 0.717) is 0 Å². The van der Waals surface area contributed by atoms with Gasteiger partial charge in [0.15, 0.2) is 0 Å². The fraction of sp³-hybridized carbons (Fsp3) is 0.857. The lowest BCUT2D eigenvalue weighted by atomic mass is 10.0. The van der Waals surface area contributed by atoms with E-state index in [0.717, 1.165) is 0 Å². The summed E-state index contributed by atoms with van der Waals surface area (Å²) in [7, 11) is 0. The molecule has 9 heteroatoms. The molecule has 1 radical (unpaired) electrons. The Hall–Kier alpha value is -0.630. The van der Waals surface area contributed by atoms with Crippen LogP contribution in [0.2, 0.25) is 0 Å². The molecule has 0 bridgehead atoms. The van der Waals surface area contributed by atoms with Gasteiger partial charge in [-0.25, -0.2) is 26.3 Å². The Morgan fingerprint density at radius 2 is 1.38 bits per heavy atom. The number of hydrogen-bond acceptors (Lipinski definition) is 0. The number of rotatable bonds is 4. The summed E-state index contributed by atoms with van der Waals surface area (Å²) in [5.41, 5.74) is 0. The largest absolute Gasteiger partial charge is 0.429 e. The summed E-state index contributed by atoms with van der Waals surface area (Å²) in [6.07, 6.45) is -16.5. The molecule has 16 heavy (non-hydrogen) atoms. The first-order valence-electron chi connectivity index (χ1n) is 3.76. The minimum Gasteiger partial charge on any atom is -0.237 e. The van der Waals surface area contributed by atoms with Gasteiger partial charge in [-0.05, 0) is 6.92 Å². The predicted molar refractivity (Wildman–Crippen MR) is 35.5 cm³/mol. The van der Waals surface area contributed by atoms with Crippen molar-refractivity contribution in [3.8, 4) is 0 Å². The van der Waals surface area contributed by atoms with Crippen LogP contribution in [0, 0.1) is 6.17 Å². The van der Waals surface area contributed by atoms with Gasteiger partial charge < -0.3 is 0 Å². The maximum absolute atomic E-state index is 12.5. The molecule has 0 rings (SSSR count). The molecule has 1 unspecified atom stereocenters. The minimum absolute atomic E-state index is 0.0425. The van der Waals surface area contributed by atoms with E-state index >= 15 is 0 Å². The Morgan fingerprint density at radius 3 is 1.62 bits per heavy atom. The lowest BCUT2D eigenvalue weighted by Gasteiger charge is -2.25. The van der Waals surface area contributed by atoms with Crippen molar-refractivity contribution in [2.24, 2.45) is 0 Å². The zero-order valence-corrected chi connectivity index (χ0v) is 7.69. The third-order valence-corrected chi connectivity index (χ3v) is 1.41. The smallest absolute Gasteiger partial charge is 0.237 e. The van der Waals surface area contributed by atoms with Crippen LogP contribution in [0.25, 0.3) is 0 Å². The second-order valence-corrected chi connectivity index (χ2v) is 3.22. The van der Waals surface area contributed by atoms with Gasteiger partial charge in [-0.2, -0.15) is 13.2 Å². The highest BCUT2D eigenvalue weighted by Crippen LogP contribution is 2.43. The third-order valence-electron chi connectivity index (χ3n) is 1.41. The van der Waals surface area contributed by atoms with Crippen LogP contribution in [0.1, 0.15) is 13.3 Å². The molecule has 0 fully saturated rings. The molecular weight excluding hydrogens is 255 g/mol. The molecule has 0 spiro atoms. The van der Waals surface area contributed by atoms with Gasteiger partial charge in [-0.15, -0.1) is 0 Å². The average Bonchev–Trinajstić information content (AvgIpc) is 1.95. The summed E-state index contributed by atoms with van der Waals surface area (Å²) < 4.78 is 108. The highest BCUT2D eigenvalue weighted by Gasteiger charge is 2.59. The number of hydrogen-bond donors (Lipinski definition) is 0. The molecule has 0 aliphatic carbocycles. The summed E-state index contributed by atoms with van der Waals surface area (Å²) in [6.45, 7) is -0.0425. The molecule has 0 N–H and O–H groups in total. The van der Waals surface area contributed by atoms with Crippen LogP contribution in [-0.2, 0) is 0 Å². The summed E-state index contributed by atoms with van der Waals surface area (Å²) >= 11 is 0. The predicted octanol–water partition coefficient (Wildman–Crippen LogP) is 4.07. The van der Waals surface area contributed by atoms with Gasteiger partial charge in [0.2, 0.25) is 6.17 Å². The van der Waals surface area contributed by atoms with E-state index in [2.05, 4.69) is 0 Å². The van der Waals surface area contributed by atoms with Gasteiger partial charge >= 0.3 is 6.18 Å². The SMILES string of the molecule is CC(F)(F)CC(F)(F)C(F)[C](F)C(F)(F)F. The summed E-state index contributed by atoms with van der Waals surface area (Å²) in [4.78, 5) is 0. The average molecular weight is 261 g/mol. The van der Waals surface area contributed by atoms with Crippen molar-refractivity contribution in [1.82, 2.24) is 0 Å². The number of halogens is 9. The van der Waals surface area contributed by atoms with Gasteiger partial charge in [0.05, 0.1) is 6.42 Å². The second kappa shape index (κ2) is 4.33. The second-order valence-electron chi connectivity index (χ2n) is 3.22. The molecular formula is C7H6F9. The molecule has 0 aromatic carbocycles. The minimum atomic E-state index is -5.94. The Kier molecular flexibility index (Phi) is 4.15. The zero-order valence-electron chi connectivity index (χ0n) is 7.69. The van der Waals surface area contributed by atoms with E-state index in [1.165, 1.54) is 0 Å². The van der Waals surface area contributed by atoms with Crippen LogP contribution in [0.4, 0.5) is 39.5 Å². The van der Waals surface area contributed by atoms with E-state index < -0.39 is 36.8 Å². The lowest BCUT2D eigenvalue weighted by Crippen LogP contribution is -2.42. The Bertz CT molecular complexity index is 225. The summed E-state index contributed by atoms with van der Waals surface area (Å²) in [5.74, 6) is -9.24. The van der Waals surface area contributed by atoms with Gasteiger partial charge in [0.25, 0.3) is 18.0 Å². The van der Waals surface area contributed by atoms with Crippen LogP contribution in [0.3, 0.4) is 0 Å². The molecule has 0 aliphatic rings. The Balaban J connectivity index is 4.76. The first-order chi connectivity index (χ1) is 6.77. The standard InChI is InChI=1S/C7H6F9/c1-5(10,11)2-6(12,13)3(8)4(9)7(14,15)16/h3H,2H2,1H3. The third kappa shape index (κ3) is 4.48. The normalized spacial score (nSPS) is 16.7. The van der Waals surface area contributed by atoms with Crippen molar-refractivity contribution in [2.45, 2.75) is 37.5 Å². The van der Waals surface area contributed by atoms with Crippen molar-refractivity contribution in [1.29, 1.82) is 0 Å². The van der Waals surface area contributed by atoms with Crippen molar-refractivity contribution in [3.63, 3.8) is 0 Å². The fourth-order valence-corrected chi connectivity index (χ4v) is 0.833. The molecule has 0 heterocycles. The van der Waals surface area contributed by atoms with Crippen molar-refractivity contribution < 1.29 is 39.5 Å². The van der Waals surface area contributed by atoms with Crippen molar-refractivity contribution >= 4 is 0 Å². The number of alkyl halides is 8. The van der Waals surface area contributed by atoms with Crippen LogP contribution in [0.15, 0.2) is 0 Å². The molecule has 1 atom stereocenters. The fourth-order valence-electron chi connectivity index (χ4n) is 0.833. The van der Waals surface area contributed by atoms with Crippen LogP contribution in [-0.4, -0.2) is 24.2 Å². The zero-order chi connectivity index (χ0) is 13.4. The van der Waals surface area contributed by atoms with Gasteiger partial charge in [0.1, 0.15) is 0 Å². The Morgan fingerprint density at radius 1 is 1.00 bits per heavy atom. The quantitative estimate of drug-likeness (QED) is 0.669. The molecule has 0 aliphatic heterocycles. The summed E-state index contributed by atoms with van der Waals surface area (Å²) in [5, 5.41) is 0. The first-order valence-corrected chi connectivity index (χ1v) is 3.76. The van der Waals surface area contributed by atoms with Crippen LogP contribution >= 0.6 is 0 Å². The molecule has 0 saturated heterocycles. The van der Waals surface area contributed by atoms with Gasteiger partial charge in [-0.1, -0.05) is 0 Å². The highest BCUT2D eigenvalue weighted by molar-refractivity contribution is 5.01. The molecule has 0 nitrogen and oxygen atoms in total. The van der Waals surface area contributed by atoms with Crippen LogP contribution in [0.5, 0.6) is 0 Å². The van der Waals surface area contributed by atoms with Crippen molar-refractivity contribution in [2.75, 3.05) is 0 Å². The van der Waals surface area contributed by atoms with Gasteiger partial charge in [0, 0.05) is 0 Å². The van der Waals surface area contributed by atoms with Crippen LogP contribution < -0.4 is 0 Å². The molecule has 0 aromatic rings. The lowest BCUT2D eigenvalue weighted by molar-refractivity contribution is -0.195. The van der Waals surface area contributed by atoms with E-state index in [4.69, 9.17) is 0 Å². The molecule has 0 saturated carbocycles. The summed E-state index contributed by atoms with van der Waals surface area (Å²) in [6, 6.07) is 0. The van der Waals surface area contributed by atoms with Gasteiger partial charge in [-0.3, -0.25) is 0 Å². The van der Waals surface area contributed by atoms with E-state index in [1.54, 1.807) is 0 Å². The maximum atomic E-state index is 12.5.